The first-order valence-electron chi connectivity index (χ1n) is 8.54. The minimum absolute atomic E-state index is 0.0165. The number of amides is 2. The summed E-state index contributed by atoms with van der Waals surface area (Å²) >= 11 is 3.28. The van der Waals surface area contributed by atoms with Gasteiger partial charge in [0.25, 0.3) is 11.8 Å². The molecular weight excluding hydrogens is 376 g/mol. The largest absolute Gasteiger partial charge is 0.355 e. The SMILES string of the molecule is CNC(=O)c1ccc(CN(C)C(=O)c2cc3sc4ccccc4c3s2)cc1. The molecule has 2 amide bonds. The number of benzene rings is 2. The highest BCUT2D eigenvalue weighted by Gasteiger charge is 2.18. The summed E-state index contributed by atoms with van der Waals surface area (Å²) < 4.78 is 3.59. The lowest BCUT2D eigenvalue weighted by molar-refractivity contribution is 0.0789. The van der Waals surface area contributed by atoms with Crippen LogP contribution in [0.3, 0.4) is 0 Å². The van der Waals surface area contributed by atoms with Crippen molar-refractivity contribution in [2.75, 3.05) is 14.1 Å². The average Bonchev–Trinajstić information content (AvgIpc) is 3.25. The molecule has 0 aliphatic heterocycles. The van der Waals surface area contributed by atoms with E-state index >= 15 is 0 Å². The molecule has 0 unspecified atom stereocenters. The maximum Gasteiger partial charge on any atom is 0.264 e. The second kappa shape index (κ2) is 7.13. The van der Waals surface area contributed by atoms with Crippen LogP contribution in [-0.2, 0) is 6.54 Å². The number of nitrogens with zero attached hydrogens (tertiary/aromatic N) is 1. The molecule has 0 fully saturated rings. The van der Waals surface area contributed by atoms with E-state index in [0.717, 1.165) is 15.1 Å². The lowest BCUT2D eigenvalue weighted by Gasteiger charge is -2.16. The van der Waals surface area contributed by atoms with E-state index in [2.05, 4.69) is 17.4 Å². The summed E-state index contributed by atoms with van der Waals surface area (Å²) in [5.74, 6) is -0.0975. The Bertz CT molecular complexity index is 1140. The molecule has 6 heteroatoms. The van der Waals surface area contributed by atoms with Gasteiger partial charge in [0.1, 0.15) is 0 Å². The Kier molecular flexibility index (Phi) is 4.68. The van der Waals surface area contributed by atoms with Crippen LogP contribution in [0.1, 0.15) is 25.6 Å². The molecule has 0 spiro atoms. The van der Waals surface area contributed by atoms with Gasteiger partial charge in [0.15, 0.2) is 0 Å². The molecular formula is C21H18N2O2S2. The van der Waals surface area contributed by atoms with E-state index in [9.17, 15) is 9.59 Å². The zero-order valence-electron chi connectivity index (χ0n) is 15.0. The number of carbonyl (C=O) groups excluding carboxylic acids is 2. The summed E-state index contributed by atoms with van der Waals surface area (Å²) in [5.41, 5.74) is 1.60. The maximum atomic E-state index is 12.9. The highest BCUT2D eigenvalue weighted by Crippen LogP contribution is 2.39. The Morgan fingerprint density at radius 3 is 2.48 bits per heavy atom. The van der Waals surface area contributed by atoms with Crippen LogP contribution in [0.25, 0.3) is 19.5 Å². The monoisotopic (exact) mass is 394 g/mol. The fraction of sp³-hybridized carbons (Fsp3) is 0.143. The van der Waals surface area contributed by atoms with Crippen LogP contribution in [0.15, 0.2) is 54.6 Å². The zero-order valence-corrected chi connectivity index (χ0v) is 16.6. The van der Waals surface area contributed by atoms with Crippen LogP contribution in [0.2, 0.25) is 0 Å². The predicted molar refractivity (Wildman–Crippen MR) is 113 cm³/mol. The highest BCUT2D eigenvalue weighted by molar-refractivity contribution is 7.33. The minimum atomic E-state index is -0.114. The summed E-state index contributed by atoms with van der Waals surface area (Å²) in [4.78, 5) is 26.9. The average molecular weight is 395 g/mol. The zero-order chi connectivity index (χ0) is 19.0. The van der Waals surface area contributed by atoms with Crippen molar-refractivity contribution in [1.29, 1.82) is 0 Å². The number of hydrogen-bond donors (Lipinski definition) is 1. The van der Waals surface area contributed by atoms with Gasteiger partial charge < -0.3 is 10.2 Å². The minimum Gasteiger partial charge on any atom is -0.355 e. The van der Waals surface area contributed by atoms with Gasteiger partial charge in [0, 0.05) is 41.0 Å². The number of nitrogens with one attached hydrogen (secondary N) is 1. The summed E-state index contributed by atoms with van der Waals surface area (Å²) in [6.07, 6.45) is 0. The van der Waals surface area contributed by atoms with Crippen molar-refractivity contribution in [2.24, 2.45) is 0 Å². The molecule has 0 radical (unpaired) electrons. The van der Waals surface area contributed by atoms with Gasteiger partial charge in [-0.2, -0.15) is 0 Å². The number of rotatable bonds is 4. The molecule has 4 rings (SSSR count). The van der Waals surface area contributed by atoms with Crippen LogP contribution in [0.5, 0.6) is 0 Å². The van der Waals surface area contributed by atoms with E-state index in [1.165, 1.54) is 14.8 Å². The Labute approximate surface area is 165 Å². The topological polar surface area (TPSA) is 49.4 Å². The first-order valence-corrected chi connectivity index (χ1v) is 10.2. The van der Waals surface area contributed by atoms with E-state index in [1.807, 2.05) is 30.3 Å². The molecule has 4 nitrogen and oxygen atoms in total. The fourth-order valence-electron chi connectivity index (χ4n) is 3.04. The molecule has 0 bridgehead atoms. The Morgan fingerprint density at radius 1 is 1.00 bits per heavy atom. The van der Waals surface area contributed by atoms with Crippen LogP contribution in [0, 0.1) is 0 Å². The van der Waals surface area contributed by atoms with Crippen LogP contribution >= 0.6 is 22.7 Å². The predicted octanol–water partition coefficient (Wildman–Crippen LogP) is 4.75. The van der Waals surface area contributed by atoms with Gasteiger partial charge in [-0.05, 0) is 29.8 Å². The van der Waals surface area contributed by atoms with Crippen molar-refractivity contribution in [1.82, 2.24) is 10.2 Å². The third-order valence-corrected chi connectivity index (χ3v) is 6.87. The first-order chi connectivity index (χ1) is 13.1. The highest BCUT2D eigenvalue weighted by atomic mass is 32.1. The van der Waals surface area contributed by atoms with Crippen LogP contribution in [-0.4, -0.2) is 30.8 Å². The fourth-order valence-corrected chi connectivity index (χ4v) is 5.56. The Hall–Kier alpha value is -2.70. The van der Waals surface area contributed by atoms with Crippen molar-refractivity contribution < 1.29 is 9.59 Å². The molecule has 2 aromatic carbocycles. The lowest BCUT2D eigenvalue weighted by Crippen LogP contribution is -2.25. The maximum absolute atomic E-state index is 12.9. The van der Waals surface area contributed by atoms with Crippen molar-refractivity contribution in [3.63, 3.8) is 0 Å². The molecule has 2 aromatic heterocycles. The molecule has 2 heterocycles. The van der Waals surface area contributed by atoms with Gasteiger partial charge in [-0.15, -0.1) is 22.7 Å². The number of thiophene rings is 2. The van der Waals surface area contributed by atoms with Crippen molar-refractivity contribution >= 4 is 54.0 Å². The van der Waals surface area contributed by atoms with E-state index in [-0.39, 0.29) is 11.8 Å². The molecule has 27 heavy (non-hydrogen) atoms. The molecule has 0 saturated heterocycles. The standard InChI is InChI=1S/C21H18N2O2S2/c1-22-20(24)14-9-7-13(8-10-14)12-23(2)21(25)18-11-17-19(27-18)15-5-3-4-6-16(15)26-17/h3-11H,12H2,1-2H3,(H,22,24). The number of fused-ring (bicyclic) bond motifs is 3. The molecule has 1 N–H and O–H groups in total. The number of carbonyl (C=O) groups is 2. The van der Waals surface area contributed by atoms with Gasteiger partial charge in [0.05, 0.1) is 9.58 Å². The smallest absolute Gasteiger partial charge is 0.264 e. The van der Waals surface area contributed by atoms with Crippen molar-refractivity contribution in [3.05, 3.63) is 70.6 Å². The Morgan fingerprint density at radius 2 is 1.74 bits per heavy atom. The van der Waals surface area contributed by atoms with E-state index < -0.39 is 0 Å². The van der Waals surface area contributed by atoms with E-state index in [0.29, 0.717) is 12.1 Å². The molecule has 4 aromatic rings. The van der Waals surface area contributed by atoms with Crippen molar-refractivity contribution in [2.45, 2.75) is 6.54 Å². The lowest BCUT2D eigenvalue weighted by atomic mass is 10.1. The normalized spacial score (nSPS) is 11.0. The summed E-state index contributed by atoms with van der Waals surface area (Å²) in [7, 11) is 3.42. The van der Waals surface area contributed by atoms with Gasteiger partial charge in [-0.25, -0.2) is 0 Å². The van der Waals surface area contributed by atoms with Crippen LogP contribution < -0.4 is 5.32 Å². The Balaban J connectivity index is 1.53. The van der Waals surface area contributed by atoms with Gasteiger partial charge in [0.2, 0.25) is 0 Å². The van der Waals surface area contributed by atoms with E-state index in [4.69, 9.17) is 0 Å². The number of hydrogen-bond acceptors (Lipinski definition) is 4. The van der Waals surface area contributed by atoms with E-state index in [1.54, 1.807) is 53.8 Å². The van der Waals surface area contributed by atoms with Gasteiger partial charge >= 0.3 is 0 Å². The quantitative estimate of drug-likeness (QED) is 0.543. The van der Waals surface area contributed by atoms with Gasteiger partial charge in [-0.3, -0.25) is 9.59 Å². The molecule has 136 valence electrons. The van der Waals surface area contributed by atoms with Gasteiger partial charge in [-0.1, -0.05) is 30.3 Å². The second-order valence-corrected chi connectivity index (χ2v) is 8.48. The third-order valence-electron chi connectivity index (χ3n) is 4.47. The second-order valence-electron chi connectivity index (χ2n) is 6.34. The first kappa shape index (κ1) is 17.7. The molecule has 0 aliphatic carbocycles. The summed E-state index contributed by atoms with van der Waals surface area (Å²) in [6, 6.07) is 17.6. The molecule has 0 aliphatic rings. The third kappa shape index (κ3) is 3.34. The summed E-state index contributed by atoms with van der Waals surface area (Å²) in [5, 5.41) is 3.82. The van der Waals surface area contributed by atoms with Crippen LogP contribution in [0.4, 0.5) is 0 Å². The van der Waals surface area contributed by atoms with Crippen molar-refractivity contribution in [3.8, 4) is 0 Å². The summed E-state index contributed by atoms with van der Waals surface area (Å²) in [6.45, 7) is 0.499. The molecule has 0 atom stereocenters. The molecule has 0 saturated carbocycles.